The van der Waals surface area contributed by atoms with Crippen LogP contribution in [0.5, 0.6) is 0 Å². The summed E-state index contributed by atoms with van der Waals surface area (Å²) in [6.45, 7) is 13.9. The highest BCUT2D eigenvalue weighted by atomic mass is 32.2. The summed E-state index contributed by atoms with van der Waals surface area (Å²) in [6.07, 6.45) is 4.01. The Labute approximate surface area is 135 Å². The molecule has 0 amide bonds. The van der Waals surface area contributed by atoms with Gasteiger partial charge in [-0.1, -0.05) is 20.8 Å². The fourth-order valence-electron chi connectivity index (χ4n) is 1.59. The minimum absolute atomic E-state index is 0.252. The highest BCUT2D eigenvalue weighted by Crippen LogP contribution is 2.37. The van der Waals surface area contributed by atoms with Crippen LogP contribution in [0, 0.1) is 0 Å². The van der Waals surface area contributed by atoms with E-state index in [-0.39, 0.29) is 5.04 Å². The quantitative estimate of drug-likeness (QED) is 0.577. The Bertz CT molecular complexity index is 433. The Kier molecular flexibility index (Phi) is 7.40. The molecule has 0 saturated carbocycles. The topological polar surface area (TPSA) is 34.1 Å². The fourth-order valence-corrected chi connectivity index (χ4v) is 2.89. The van der Waals surface area contributed by atoms with E-state index in [1.165, 1.54) is 5.56 Å². The average molecular weight is 327 g/mol. The lowest BCUT2D eigenvalue weighted by Gasteiger charge is -2.36. The summed E-state index contributed by atoms with van der Waals surface area (Å²) in [6, 6.07) is 4.21. The predicted molar refractivity (Wildman–Crippen MR) is 96.3 cm³/mol. The minimum Gasteiger partial charge on any atom is -0.413 e. The molecule has 0 aliphatic carbocycles. The van der Waals surface area contributed by atoms with Crippen LogP contribution < -0.4 is 5.32 Å². The van der Waals surface area contributed by atoms with Crippen LogP contribution in [0.25, 0.3) is 0 Å². The van der Waals surface area contributed by atoms with Gasteiger partial charge in [0.1, 0.15) is 0 Å². The van der Waals surface area contributed by atoms with Crippen LogP contribution in [-0.4, -0.2) is 31.9 Å². The van der Waals surface area contributed by atoms with Crippen molar-refractivity contribution < 1.29 is 4.43 Å². The fraction of sp³-hybridized carbons (Fsp3) is 0.688. The molecule has 0 spiro atoms. The molecule has 3 nitrogen and oxygen atoms in total. The van der Waals surface area contributed by atoms with E-state index in [0.29, 0.717) is 6.61 Å². The number of pyridine rings is 1. The molecule has 0 atom stereocenters. The standard InChI is InChI=1S/C16H30N2OSSi/c1-16(2,3)21(5,6)19-13-14-7-8-18-15(11-14)12-17-9-10-20-4/h7-8,11,17H,9-10,12-13H2,1-6H3. The maximum absolute atomic E-state index is 6.27. The van der Waals surface area contributed by atoms with Gasteiger partial charge in [0, 0.05) is 25.0 Å². The van der Waals surface area contributed by atoms with Crippen molar-refractivity contribution in [3.05, 3.63) is 29.6 Å². The molecule has 0 aliphatic rings. The molecule has 0 fully saturated rings. The van der Waals surface area contributed by atoms with Gasteiger partial charge in [0.15, 0.2) is 8.32 Å². The molecule has 0 aliphatic heterocycles. The molecular weight excluding hydrogens is 296 g/mol. The van der Waals surface area contributed by atoms with Crippen molar-refractivity contribution in [2.45, 2.75) is 52.1 Å². The normalized spacial score (nSPS) is 12.7. The van der Waals surface area contributed by atoms with Crippen molar-refractivity contribution in [3.63, 3.8) is 0 Å². The van der Waals surface area contributed by atoms with E-state index in [0.717, 1.165) is 24.5 Å². The Morgan fingerprint density at radius 2 is 2.05 bits per heavy atom. The van der Waals surface area contributed by atoms with E-state index < -0.39 is 8.32 Å². The molecule has 5 heteroatoms. The van der Waals surface area contributed by atoms with E-state index in [9.17, 15) is 0 Å². The highest BCUT2D eigenvalue weighted by Gasteiger charge is 2.36. The van der Waals surface area contributed by atoms with Crippen molar-refractivity contribution in [1.82, 2.24) is 10.3 Å². The Hall–Kier alpha value is -0.363. The summed E-state index contributed by atoms with van der Waals surface area (Å²) in [4.78, 5) is 4.42. The first-order valence-corrected chi connectivity index (χ1v) is 11.8. The van der Waals surface area contributed by atoms with Gasteiger partial charge >= 0.3 is 0 Å². The molecular formula is C16H30N2OSSi. The zero-order valence-corrected chi connectivity index (χ0v) is 16.1. The molecule has 1 rings (SSSR count). The van der Waals surface area contributed by atoms with Gasteiger partial charge in [-0.15, -0.1) is 0 Å². The average Bonchev–Trinajstić information content (AvgIpc) is 2.41. The van der Waals surface area contributed by atoms with Gasteiger partial charge in [-0.25, -0.2) is 0 Å². The van der Waals surface area contributed by atoms with Gasteiger partial charge in [-0.2, -0.15) is 11.8 Å². The van der Waals surface area contributed by atoms with Crippen molar-refractivity contribution in [2.75, 3.05) is 18.6 Å². The summed E-state index contributed by atoms with van der Waals surface area (Å²) >= 11 is 1.85. The number of rotatable bonds is 8. The third-order valence-electron chi connectivity index (χ3n) is 4.08. The number of hydrogen-bond donors (Lipinski definition) is 1. The number of nitrogens with one attached hydrogen (secondary N) is 1. The predicted octanol–water partition coefficient (Wildman–Crippen LogP) is 4.06. The zero-order valence-electron chi connectivity index (χ0n) is 14.3. The van der Waals surface area contributed by atoms with Crippen molar-refractivity contribution in [1.29, 1.82) is 0 Å². The summed E-state index contributed by atoms with van der Waals surface area (Å²) in [5.41, 5.74) is 2.31. The van der Waals surface area contributed by atoms with Crippen LogP contribution in [0.4, 0.5) is 0 Å². The second kappa shape index (κ2) is 8.32. The number of nitrogens with zero attached hydrogens (tertiary/aromatic N) is 1. The molecule has 0 aromatic carbocycles. The van der Waals surface area contributed by atoms with Crippen LogP contribution in [0.1, 0.15) is 32.0 Å². The lowest BCUT2D eigenvalue weighted by Crippen LogP contribution is -2.40. The van der Waals surface area contributed by atoms with Gasteiger partial charge in [0.2, 0.25) is 0 Å². The van der Waals surface area contributed by atoms with E-state index in [2.05, 4.69) is 62.6 Å². The van der Waals surface area contributed by atoms with Crippen LogP contribution in [0.2, 0.25) is 18.1 Å². The summed E-state index contributed by atoms with van der Waals surface area (Å²) < 4.78 is 6.27. The third-order valence-corrected chi connectivity index (χ3v) is 9.17. The molecule has 0 unspecified atom stereocenters. The summed E-state index contributed by atoms with van der Waals surface area (Å²) in [7, 11) is -1.68. The van der Waals surface area contributed by atoms with E-state index >= 15 is 0 Å². The molecule has 21 heavy (non-hydrogen) atoms. The monoisotopic (exact) mass is 326 g/mol. The number of hydrogen-bond acceptors (Lipinski definition) is 4. The maximum atomic E-state index is 6.27. The van der Waals surface area contributed by atoms with Crippen molar-refractivity contribution >= 4 is 20.1 Å². The highest BCUT2D eigenvalue weighted by molar-refractivity contribution is 7.98. The first-order chi connectivity index (χ1) is 9.76. The Morgan fingerprint density at radius 3 is 2.67 bits per heavy atom. The van der Waals surface area contributed by atoms with Gasteiger partial charge in [-0.05, 0) is 42.1 Å². The summed E-state index contributed by atoms with van der Waals surface area (Å²) in [5, 5.41) is 3.66. The molecule has 120 valence electrons. The largest absolute Gasteiger partial charge is 0.413 e. The van der Waals surface area contributed by atoms with E-state index in [1.54, 1.807) is 0 Å². The third kappa shape index (κ3) is 6.51. The van der Waals surface area contributed by atoms with Crippen LogP contribution in [0.15, 0.2) is 18.3 Å². The lowest BCUT2D eigenvalue weighted by atomic mass is 10.2. The smallest absolute Gasteiger partial charge is 0.192 e. The first-order valence-electron chi connectivity index (χ1n) is 7.54. The van der Waals surface area contributed by atoms with Crippen molar-refractivity contribution in [3.8, 4) is 0 Å². The van der Waals surface area contributed by atoms with Crippen LogP contribution in [-0.2, 0) is 17.6 Å². The van der Waals surface area contributed by atoms with Gasteiger partial charge in [0.25, 0.3) is 0 Å². The van der Waals surface area contributed by atoms with Crippen LogP contribution in [0.3, 0.4) is 0 Å². The van der Waals surface area contributed by atoms with E-state index in [1.807, 2.05) is 18.0 Å². The second-order valence-electron chi connectivity index (χ2n) is 6.87. The summed E-state index contributed by atoms with van der Waals surface area (Å²) in [5.74, 6) is 1.13. The molecule has 0 saturated heterocycles. The molecule has 1 N–H and O–H groups in total. The van der Waals surface area contributed by atoms with Crippen LogP contribution >= 0.6 is 11.8 Å². The molecule has 1 aromatic heterocycles. The maximum Gasteiger partial charge on any atom is 0.192 e. The minimum atomic E-state index is -1.68. The van der Waals surface area contributed by atoms with Gasteiger partial charge < -0.3 is 9.74 Å². The van der Waals surface area contributed by atoms with Crippen molar-refractivity contribution in [2.24, 2.45) is 0 Å². The molecule has 1 heterocycles. The SMILES string of the molecule is CSCCNCc1cc(CO[Si](C)(C)C(C)(C)C)ccn1. The van der Waals surface area contributed by atoms with Gasteiger partial charge in [0.05, 0.1) is 12.3 Å². The Morgan fingerprint density at radius 1 is 1.33 bits per heavy atom. The Balaban J connectivity index is 2.53. The first kappa shape index (κ1) is 18.7. The van der Waals surface area contributed by atoms with E-state index in [4.69, 9.17) is 4.43 Å². The number of thioether (sulfide) groups is 1. The lowest BCUT2D eigenvalue weighted by molar-refractivity contribution is 0.276. The molecule has 0 radical (unpaired) electrons. The molecule has 0 bridgehead atoms. The zero-order chi connectivity index (χ0) is 15.9. The van der Waals surface area contributed by atoms with Gasteiger partial charge in [-0.3, -0.25) is 4.98 Å². The molecule has 1 aromatic rings. The number of aromatic nitrogens is 1. The second-order valence-corrected chi connectivity index (χ2v) is 12.7.